The van der Waals surface area contributed by atoms with Crippen LogP contribution in [0.5, 0.6) is 5.75 Å². The molecule has 18 heavy (non-hydrogen) atoms. The van der Waals surface area contributed by atoms with Gasteiger partial charge < -0.3 is 10.1 Å². The smallest absolute Gasteiger partial charge is 0.387 e. The predicted molar refractivity (Wildman–Crippen MR) is 59.6 cm³/mol. The highest BCUT2D eigenvalue weighted by molar-refractivity contribution is 5.31. The van der Waals surface area contributed by atoms with Gasteiger partial charge in [0.1, 0.15) is 0 Å². The van der Waals surface area contributed by atoms with Gasteiger partial charge in [-0.05, 0) is 38.5 Å². The van der Waals surface area contributed by atoms with Crippen molar-refractivity contribution >= 4 is 0 Å². The molecule has 1 aromatic carbocycles. The maximum absolute atomic E-state index is 13.4. The van der Waals surface area contributed by atoms with E-state index in [-0.39, 0.29) is 12.1 Å². The van der Waals surface area contributed by atoms with E-state index in [0.29, 0.717) is 5.56 Å². The molecular weight excluding hydrogens is 250 g/mol. The van der Waals surface area contributed by atoms with E-state index in [4.69, 9.17) is 0 Å². The van der Waals surface area contributed by atoms with Crippen LogP contribution in [0.25, 0.3) is 0 Å². The standard InChI is InChI=1S/C12H15F4NO/c1-12(2,3)17-6-7-4-8(13)10(9(14)5-7)18-11(15)16/h4-5,11,17H,6H2,1-3H3. The average Bonchev–Trinajstić information content (AvgIpc) is 2.19. The van der Waals surface area contributed by atoms with Crippen molar-refractivity contribution in [2.45, 2.75) is 39.5 Å². The summed E-state index contributed by atoms with van der Waals surface area (Å²) in [5, 5.41) is 3.03. The molecule has 0 aliphatic carbocycles. The molecule has 1 rings (SSSR count). The third kappa shape index (κ3) is 4.52. The molecule has 0 radical (unpaired) electrons. The minimum Gasteiger partial charge on any atom is -0.429 e. The quantitative estimate of drug-likeness (QED) is 0.842. The van der Waals surface area contributed by atoms with Gasteiger partial charge in [-0.3, -0.25) is 0 Å². The van der Waals surface area contributed by atoms with Crippen molar-refractivity contribution in [1.82, 2.24) is 5.32 Å². The Hall–Kier alpha value is -1.30. The third-order valence-electron chi connectivity index (χ3n) is 2.09. The van der Waals surface area contributed by atoms with E-state index >= 15 is 0 Å². The number of rotatable bonds is 4. The molecule has 0 aromatic heterocycles. The summed E-state index contributed by atoms with van der Waals surface area (Å²) < 4.78 is 54.3. The summed E-state index contributed by atoms with van der Waals surface area (Å²) in [6, 6.07) is 1.94. The fourth-order valence-electron chi connectivity index (χ4n) is 1.28. The van der Waals surface area contributed by atoms with Gasteiger partial charge in [0.05, 0.1) is 0 Å². The Bertz CT molecular complexity index is 392. The molecule has 0 saturated carbocycles. The fraction of sp³-hybridized carbons (Fsp3) is 0.500. The lowest BCUT2D eigenvalue weighted by atomic mass is 10.1. The predicted octanol–water partition coefficient (Wildman–Crippen LogP) is 3.45. The van der Waals surface area contributed by atoms with Crippen molar-refractivity contribution < 1.29 is 22.3 Å². The topological polar surface area (TPSA) is 21.3 Å². The Balaban J connectivity index is 2.86. The van der Waals surface area contributed by atoms with E-state index in [1.807, 2.05) is 20.8 Å². The van der Waals surface area contributed by atoms with Gasteiger partial charge in [-0.1, -0.05) is 0 Å². The van der Waals surface area contributed by atoms with Crippen LogP contribution in [0.2, 0.25) is 0 Å². The SMILES string of the molecule is CC(C)(C)NCc1cc(F)c(OC(F)F)c(F)c1. The van der Waals surface area contributed by atoms with E-state index < -0.39 is 24.0 Å². The summed E-state index contributed by atoms with van der Waals surface area (Å²) in [6.45, 7) is 2.66. The molecule has 0 amide bonds. The zero-order valence-corrected chi connectivity index (χ0v) is 10.4. The van der Waals surface area contributed by atoms with Crippen LogP contribution in [0.1, 0.15) is 26.3 Å². The molecule has 0 atom stereocenters. The first-order valence-corrected chi connectivity index (χ1v) is 5.37. The van der Waals surface area contributed by atoms with E-state index in [1.54, 1.807) is 0 Å². The van der Waals surface area contributed by atoms with E-state index in [9.17, 15) is 17.6 Å². The first-order chi connectivity index (χ1) is 8.19. The normalized spacial score (nSPS) is 12.0. The zero-order valence-electron chi connectivity index (χ0n) is 10.4. The van der Waals surface area contributed by atoms with Crippen molar-refractivity contribution in [3.8, 4) is 5.75 Å². The number of hydrogen-bond acceptors (Lipinski definition) is 2. The van der Waals surface area contributed by atoms with Crippen molar-refractivity contribution in [2.75, 3.05) is 0 Å². The summed E-state index contributed by atoms with van der Waals surface area (Å²) >= 11 is 0. The second-order valence-electron chi connectivity index (χ2n) is 4.87. The van der Waals surface area contributed by atoms with Crippen LogP contribution >= 0.6 is 0 Å². The number of benzene rings is 1. The van der Waals surface area contributed by atoms with Crippen molar-refractivity contribution in [1.29, 1.82) is 0 Å². The van der Waals surface area contributed by atoms with Gasteiger partial charge in [-0.15, -0.1) is 0 Å². The molecule has 0 fully saturated rings. The minimum atomic E-state index is -3.26. The lowest BCUT2D eigenvalue weighted by Crippen LogP contribution is -2.35. The number of hydrogen-bond donors (Lipinski definition) is 1. The molecule has 0 aliphatic heterocycles. The maximum atomic E-state index is 13.4. The number of alkyl halides is 2. The molecule has 1 aromatic rings. The third-order valence-corrected chi connectivity index (χ3v) is 2.09. The number of halogens is 4. The highest BCUT2D eigenvalue weighted by atomic mass is 19.3. The van der Waals surface area contributed by atoms with Crippen molar-refractivity contribution in [3.05, 3.63) is 29.3 Å². The van der Waals surface area contributed by atoms with Crippen LogP contribution in [0, 0.1) is 11.6 Å². The molecule has 0 aliphatic rings. The van der Waals surface area contributed by atoms with E-state index in [1.165, 1.54) is 0 Å². The Morgan fingerprint density at radius 1 is 1.17 bits per heavy atom. The summed E-state index contributed by atoms with van der Waals surface area (Å²) in [7, 11) is 0. The van der Waals surface area contributed by atoms with E-state index in [2.05, 4.69) is 10.1 Å². The maximum Gasteiger partial charge on any atom is 0.387 e. The molecule has 0 bridgehead atoms. The molecular formula is C12H15F4NO. The molecule has 2 nitrogen and oxygen atoms in total. The van der Waals surface area contributed by atoms with Gasteiger partial charge in [-0.25, -0.2) is 8.78 Å². The molecule has 0 unspecified atom stereocenters. The molecule has 0 saturated heterocycles. The Morgan fingerprint density at radius 2 is 1.67 bits per heavy atom. The van der Waals surface area contributed by atoms with Gasteiger partial charge in [-0.2, -0.15) is 8.78 Å². The van der Waals surface area contributed by atoms with Gasteiger partial charge in [0, 0.05) is 12.1 Å². The second kappa shape index (κ2) is 5.56. The monoisotopic (exact) mass is 265 g/mol. The highest BCUT2D eigenvalue weighted by Gasteiger charge is 2.17. The lowest BCUT2D eigenvalue weighted by Gasteiger charge is -2.20. The van der Waals surface area contributed by atoms with Crippen LogP contribution < -0.4 is 10.1 Å². The number of nitrogens with one attached hydrogen (secondary N) is 1. The van der Waals surface area contributed by atoms with Crippen molar-refractivity contribution in [3.63, 3.8) is 0 Å². The van der Waals surface area contributed by atoms with Gasteiger partial charge in [0.25, 0.3) is 0 Å². The summed E-state index contributed by atoms with van der Waals surface area (Å²) in [6.07, 6.45) is 0. The minimum absolute atomic E-state index is 0.217. The average molecular weight is 265 g/mol. The van der Waals surface area contributed by atoms with Gasteiger partial charge >= 0.3 is 6.61 Å². The molecule has 0 heterocycles. The summed E-state index contributed by atoms with van der Waals surface area (Å²) in [5.41, 5.74) is 0.104. The molecule has 6 heteroatoms. The van der Waals surface area contributed by atoms with Crippen molar-refractivity contribution in [2.24, 2.45) is 0 Å². The van der Waals surface area contributed by atoms with E-state index in [0.717, 1.165) is 12.1 Å². The van der Waals surface area contributed by atoms with Crippen LogP contribution in [0.15, 0.2) is 12.1 Å². The van der Waals surface area contributed by atoms with Crippen LogP contribution in [-0.4, -0.2) is 12.2 Å². The Labute approximate surface area is 103 Å². The van der Waals surface area contributed by atoms with Crippen LogP contribution in [-0.2, 0) is 6.54 Å². The fourth-order valence-corrected chi connectivity index (χ4v) is 1.28. The Morgan fingerprint density at radius 3 is 2.06 bits per heavy atom. The first kappa shape index (κ1) is 14.8. The summed E-state index contributed by atoms with van der Waals surface area (Å²) in [5.74, 6) is -3.33. The van der Waals surface area contributed by atoms with Crippen LogP contribution in [0.3, 0.4) is 0 Å². The number of ether oxygens (including phenoxy) is 1. The molecule has 1 N–H and O–H groups in total. The molecule has 102 valence electrons. The Kier molecular flexibility index (Phi) is 4.56. The highest BCUT2D eigenvalue weighted by Crippen LogP contribution is 2.25. The van der Waals surface area contributed by atoms with Gasteiger partial charge in [0.2, 0.25) is 0 Å². The lowest BCUT2D eigenvalue weighted by molar-refractivity contribution is -0.0546. The largest absolute Gasteiger partial charge is 0.429 e. The molecule has 0 spiro atoms. The zero-order chi connectivity index (χ0) is 13.9. The second-order valence-corrected chi connectivity index (χ2v) is 4.87. The van der Waals surface area contributed by atoms with Gasteiger partial charge in [0.15, 0.2) is 17.4 Å². The summed E-state index contributed by atoms with van der Waals surface area (Å²) in [4.78, 5) is 0. The first-order valence-electron chi connectivity index (χ1n) is 5.37. The van der Waals surface area contributed by atoms with Crippen LogP contribution in [0.4, 0.5) is 17.6 Å².